The molecule has 4 rings (SSSR count). The number of halogens is 4. The Morgan fingerprint density at radius 1 is 0.927 bits per heavy atom. The molecule has 0 spiro atoms. The molecule has 13 heteroatoms. The van der Waals surface area contributed by atoms with Gasteiger partial charge in [0.25, 0.3) is 15.9 Å². The number of piperazine rings is 1. The molecule has 3 aromatic carbocycles. The summed E-state index contributed by atoms with van der Waals surface area (Å²) in [6.07, 6.45) is -4.13. The number of amides is 2. The third-order valence-electron chi connectivity index (χ3n) is 6.61. The number of hydrogen-bond donors (Lipinski definition) is 2. The molecular weight excluding hydrogens is 581 g/mol. The minimum Gasteiger partial charge on any atom is -0.384 e. The second-order valence-corrected chi connectivity index (χ2v) is 11.6. The molecule has 2 amide bonds. The Morgan fingerprint density at radius 3 is 2.22 bits per heavy atom. The monoisotopic (exact) mass is 608 g/mol. The molecule has 1 aliphatic rings. The van der Waals surface area contributed by atoms with Crippen LogP contribution in [0.25, 0.3) is 0 Å². The highest BCUT2D eigenvalue weighted by Gasteiger charge is 2.31. The van der Waals surface area contributed by atoms with Crippen LogP contribution in [0.1, 0.15) is 28.4 Å². The van der Waals surface area contributed by atoms with E-state index in [1.54, 1.807) is 17.0 Å². The molecule has 0 aliphatic carbocycles. The van der Waals surface area contributed by atoms with Crippen molar-refractivity contribution in [1.29, 1.82) is 0 Å². The van der Waals surface area contributed by atoms with Gasteiger partial charge in [0.2, 0.25) is 5.91 Å². The molecule has 1 saturated heterocycles. The lowest BCUT2D eigenvalue weighted by atomic mass is 10.1. The van der Waals surface area contributed by atoms with E-state index >= 15 is 0 Å². The molecule has 0 saturated carbocycles. The van der Waals surface area contributed by atoms with Crippen molar-refractivity contribution in [3.8, 4) is 0 Å². The van der Waals surface area contributed by atoms with Gasteiger partial charge in [0, 0.05) is 55.9 Å². The lowest BCUT2D eigenvalue weighted by Gasteiger charge is -2.34. The maximum absolute atomic E-state index is 13.5. The average Bonchev–Trinajstić information content (AvgIpc) is 2.93. The topological polar surface area (TPSA) is 98.8 Å². The average molecular weight is 609 g/mol. The number of alkyl halides is 3. The van der Waals surface area contributed by atoms with E-state index in [0.29, 0.717) is 37.1 Å². The fourth-order valence-corrected chi connectivity index (χ4v) is 5.78. The zero-order valence-corrected chi connectivity index (χ0v) is 23.6. The van der Waals surface area contributed by atoms with Gasteiger partial charge in [-0.2, -0.15) is 13.2 Å². The van der Waals surface area contributed by atoms with E-state index in [1.165, 1.54) is 36.1 Å². The smallest absolute Gasteiger partial charge is 0.384 e. The molecule has 2 N–H and O–H groups in total. The Morgan fingerprint density at radius 2 is 1.59 bits per heavy atom. The van der Waals surface area contributed by atoms with Crippen LogP contribution in [0, 0.1) is 0 Å². The molecular formula is C28H28ClF3N4O4S. The Kier molecular flexibility index (Phi) is 9.13. The minimum absolute atomic E-state index is 0.0916. The lowest BCUT2D eigenvalue weighted by Crippen LogP contribution is -2.50. The Balaban J connectivity index is 1.61. The highest BCUT2D eigenvalue weighted by atomic mass is 35.5. The van der Waals surface area contributed by atoms with Gasteiger partial charge in [-0.15, -0.1) is 0 Å². The fourth-order valence-electron chi connectivity index (χ4n) is 4.39. The summed E-state index contributed by atoms with van der Waals surface area (Å²) in [7, 11) is -4.43. The Bertz CT molecular complexity index is 1520. The molecule has 1 aliphatic heterocycles. The van der Waals surface area contributed by atoms with Crippen molar-refractivity contribution in [3.63, 3.8) is 0 Å². The molecule has 0 radical (unpaired) electrons. The quantitative estimate of drug-likeness (QED) is 0.370. The molecule has 1 heterocycles. The molecule has 0 unspecified atom stereocenters. The summed E-state index contributed by atoms with van der Waals surface area (Å²) in [6.45, 7) is 3.05. The van der Waals surface area contributed by atoms with E-state index in [1.807, 2.05) is 12.1 Å². The van der Waals surface area contributed by atoms with Crippen LogP contribution in [0.5, 0.6) is 0 Å². The standard InChI is InChI=1S/C28H28ClF3N4O4S/c1-19(37)35-13-15-36(16-14-35)27(38)21-7-10-25(33-12-11-20-5-8-23(29)9-6-20)26(17-21)41(39,40)34-24-4-2-3-22(18-24)28(30,31)32/h2-10,17-18,33-34H,11-16H2,1H3. The highest BCUT2D eigenvalue weighted by Crippen LogP contribution is 2.32. The van der Waals surface area contributed by atoms with Crippen LogP contribution in [0.2, 0.25) is 5.02 Å². The van der Waals surface area contributed by atoms with Gasteiger partial charge in [-0.25, -0.2) is 8.42 Å². The minimum atomic E-state index is -4.66. The molecule has 8 nitrogen and oxygen atoms in total. The van der Waals surface area contributed by atoms with Crippen LogP contribution in [0.3, 0.4) is 0 Å². The number of sulfonamides is 1. The van der Waals surface area contributed by atoms with Gasteiger partial charge in [-0.05, 0) is 60.5 Å². The lowest BCUT2D eigenvalue weighted by molar-refractivity contribution is -0.137. The summed E-state index contributed by atoms with van der Waals surface area (Å²) in [5.74, 6) is -0.517. The van der Waals surface area contributed by atoms with Gasteiger partial charge in [-0.3, -0.25) is 14.3 Å². The SMILES string of the molecule is CC(=O)N1CCN(C(=O)c2ccc(NCCc3ccc(Cl)cc3)c(S(=O)(=O)Nc3cccc(C(F)(F)F)c3)c2)CC1. The van der Waals surface area contributed by atoms with Gasteiger partial charge in [0.1, 0.15) is 4.90 Å². The van der Waals surface area contributed by atoms with Gasteiger partial charge >= 0.3 is 6.18 Å². The molecule has 0 bridgehead atoms. The first kappa shape index (κ1) is 30.2. The van der Waals surface area contributed by atoms with Crippen molar-refractivity contribution in [2.24, 2.45) is 0 Å². The van der Waals surface area contributed by atoms with E-state index in [4.69, 9.17) is 11.6 Å². The second-order valence-electron chi connectivity index (χ2n) is 9.50. The Hall–Kier alpha value is -3.77. The number of nitrogens with one attached hydrogen (secondary N) is 2. The number of hydrogen-bond acceptors (Lipinski definition) is 5. The summed E-state index contributed by atoms with van der Waals surface area (Å²) in [6, 6.07) is 15.2. The van der Waals surface area contributed by atoms with Crippen LogP contribution in [0.4, 0.5) is 24.5 Å². The summed E-state index contributed by atoms with van der Waals surface area (Å²) in [5.41, 5.74) is -0.0631. The highest BCUT2D eigenvalue weighted by molar-refractivity contribution is 7.92. The van der Waals surface area contributed by atoms with Gasteiger partial charge in [-0.1, -0.05) is 29.8 Å². The molecule has 218 valence electrons. The number of carbonyl (C=O) groups is 2. The van der Waals surface area contributed by atoms with Crippen LogP contribution in [-0.4, -0.2) is 62.8 Å². The first-order valence-electron chi connectivity index (χ1n) is 12.7. The van der Waals surface area contributed by atoms with Crippen molar-refractivity contribution in [2.75, 3.05) is 42.8 Å². The van der Waals surface area contributed by atoms with Crippen molar-refractivity contribution in [3.05, 3.63) is 88.4 Å². The summed E-state index contributed by atoms with van der Waals surface area (Å²) >= 11 is 5.93. The molecule has 1 fully saturated rings. The summed E-state index contributed by atoms with van der Waals surface area (Å²) in [4.78, 5) is 27.7. The van der Waals surface area contributed by atoms with Crippen LogP contribution >= 0.6 is 11.6 Å². The predicted molar refractivity (Wildman–Crippen MR) is 150 cm³/mol. The zero-order valence-electron chi connectivity index (χ0n) is 22.0. The van der Waals surface area contributed by atoms with Gasteiger partial charge < -0.3 is 15.1 Å². The first-order chi connectivity index (χ1) is 19.3. The summed E-state index contributed by atoms with van der Waals surface area (Å²) < 4.78 is 68.9. The van der Waals surface area contributed by atoms with Crippen LogP contribution in [0.15, 0.2) is 71.6 Å². The maximum atomic E-state index is 13.5. The molecule has 41 heavy (non-hydrogen) atoms. The first-order valence-corrected chi connectivity index (χ1v) is 14.6. The van der Waals surface area contributed by atoms with E-state index in [-0.39, 0.29) is 40.8 Å². The summed E-state index contributed by atoms with van der Waals surface area (Å²) in [5, 5.41) is 3.65. The number of carbonyl (C=O) groups excluding carboxylic acids is 2. The van der Waals surface area contributed by atoms with Crippen molar-refractivity contribution in [2.45, 2.75) is 24.4 Å². The number of anilines is 2. The molecule has 3 aromatic rings. The molecule has 0 atom stereocenters. The van der Waals surface area contributed by atoms with Gasteiger partial charge in [0.05, 0.1) is 11.3 Å². The molecule has 0 aromatic heterocycles. The van der Waals surface area contributed by atoms with E-state index in [9.17, 15) is 31.2 Å². The predicted octanol–water partition coefficient (Wildman–Crippen LogP) is 5.12. The fraction of sp³-hybridized carbons (Fsp3) is 0.286. The normalized spacial score (nSPS) is 14.1. The number of nitrogens with zero attached hydrogens (tertiary/aromatic N) is 2. The third kappa shape index (κ3) is 7.70. The van der Waals surface area contributed by atoms with E-state index in [2.05, 4.69) is 10.0 Å². The van der Waals surface area contributed by atoms with Crippen LogP contribution < -0.4 is 10.0 Å². The largest absolute Gasteiger partial charge is 0.416 e. The maximum Gasteiger partial charge on any atom is 0.416 e. The van der Waals surface area contributed by atoms with Crippen LogP contribution in [-0.2, 0) is 27.4 Å². The third-order valence-corrected chi connectivity index (χ3v) is 8.29. The van der Waals surface area contributed by atoms with E-state index in [0.717, 1.165) is 17.7 Å². The number of rotatable bonds is 8. The van der Waals surface area contributed by atoms with Crippen molar-refractivity contribution in [1.82, 2.24) is 9.80 Å². The second kappa shape index (κ2) is 12.4. The van der Waals surface area contributed by atoms with Crippen molar-refractivity contribution >= 4 is 44.8 Å². The van der Waals surface area contributed by atoms with Gasteiger partial charge in [0.15, 0.2) is 0 Å². The van der Waals surface area contributed by atoms with E-state index < -0.39 is 27.7 Å². The number of benzene rings is 3. The zero-order chi connectivity index (χ0) is 29.8. The Labute approximate surface area is 241 Å². The van der Waals surface area contributed by atoms with Crippen molar-refractivity contribution < 1.29 is 31.2 Å².